The normalized spacial score (nSPS) is 16.2. The smallest absolute Gasteiger partial charge is 0.258 e. The van der Waals surface area contributed by atoms with E-state index in [2.05, 4.69) is 20.3 Å². The second-order valence-electron chi connectivity index (χ2n) is 7.80. The Morgan fingerprint density at radius 1 is 1.15 bits per heavy atom. The highest BCUT2D eigenvalue weighted by Gasteiger charge is 2.30. The van der Waals surface area contributed by atoms with Gasteiger partial charge in [-0.1, -0.05) is 11.6 Å². The molecule has 4 heterocycles. The molecule has 5 rings (SSSR count). The van der Waals surface area contributed by atoms with Gasteiger partial charge in [-0.15, -0.1) is 0 Å². The summed E-state index contributed by atoms with van der Waals surface area (Å²) < 4.78 is 20.8. The molecule has 3 aromatic heterocycles. The van der Waals surface area contributed by atoms with Gasteiger partial charge in [0.2, 0.25) is 0 Å². The second-order valence-corrected chi connectivity index (χ2v) is 7.80. The van der Waals surface area contributed by atoms with Crippen molar-refractivity contribution in [2.24, 2.45) is 0 Å². The topological polar surface area (TPSA) is 91.0 Å². The van der Waals surface area contributed by atoms with Crippen LogP contribution in [0.25, 0.3) is 17.1 Å². The molecule has 1 saturated heterocycles. The summed E-state index contributed by atoms with van der Waals surface area (Å²) in [7, 11) is 0. The van der Waals surface area contributed by atoms with Crippen molar-refractivity contribution in [1.29, 1.82) is 0 Å². The average molecular weight is 447 g/mol. The van der Waals surface area contributed by atoms with Gasteiger partial charge in [-0.25, -0.2) is 4.39 Å². The minimum absolute atomic E-state index is 0.150. The van der Waals surface area contributed by atoms with Crippen molar-refractivity contribution in [1.82, 2.24) is 34.7 Å². The summed E-state index contributed by atoms with van der Waals surface area (Å²) in [5, 5.41) is 12.9. The first-order chi connectivity index (χ1) is 16.1. The van der Waals surface area contributed by atoms with E-state index in [1.807, 2.05) is 25.1 Å². The van der Waals surface area contributed by atoms with Crippen molar-refractivity contribution >= 4 is 5.91 Å². The highest BCUT2D eigenvalue weighted by atomic mass is 19.1. The minimum atomic E-state index is -0.487. The number of pyridine rings is 1. The summed E-state index contributed by atoms with van der Waals surface area (Å²) in [4.78, 5) is 20.9. The van der Waals surface area contributed by atoms with Crippen LogP contribution in [-0.2, 0) is 11.3 Å². The van der Waals surface area contributed by atoms with Crippen LogP contribution in [0.15, 0.2) is 61.2 Å². The summed E-state index contributed by atoms with van der Waals surface area (Å²) in [6.45, 7) is 3.42. The molecule has 0 N–H and O–H groups in total. The molecule has 1 fully saturated rings. The maximum atomic E-state index is 13.6. The van der Waals surface area contributed by atoms with E-state index >= 15 is 0 Å². The predicted octanol–water partition coefficient (Wildman–Crippen LogP) is 2.86. The molecular weight excluding hydrogens is 425 g/mol. The van der Waals surface area contributed by atoms with Gasteiger partial charge in [-0.2, -0.15) is 20.1 Å². The lowest BCUT2D eigenvalue weighted by molar-refractivity contribution is -0.0861. The van der Waals surface area contributed by atoms with Crippen LogP contribution in [0.2, 0.25) is 0 Å². The molecule has 0 aliphatic carbocycles. The molecule has 0 spiro atoms. The zero-order valence-electron chi connectivity index (χ0n) is 18.0. The van der Waals surface area contributed by atoms with Crippen molar-refractivity contribution in [2.45, 2.75) is 26.1 Å². The molecule has 9 nitrogen and oxygen atoms in total. The van der Waals surface area contributed by atoms with Crippen molar-refractivity contribution in [2.75, 3.05) is 13.2 Å². The third-order valence-electron chi connectivity index (χ3n) is 5.45. The Kier molecular flexibility index (Phi) is 5.66. The Morgan fingerprint density at radius 2 is 2.00 bits per heavy atom. The number of aromatic nitrogens is 6. The number of nitrogens with zero attached hydrogens (tertiary/aromatic N) is 7. The number of amides is 1. The van der Waals surface area contributed by atoms with Gasteiger partial charge < -0.3 is 9.64 Å². The lowest BCUT2D eigenvalue weighted by Crippen LogP contribution is -2.48. The summed E-state index contributed by atoms with van der Waals surface area (Å²) in [6.07, 6.45) is 6.37. The number of carbonyl (C=O) groups excluding carboxylic acids is 1. The molecule has 0 unspecified atom stereocenters. The van der Waals surface area contributed by atoms with Gasteiger partial charge in [0.1, 0.15) is 11.5 Å². The van der Waals surface area contributed by atoms with E-state index in [-0.39, 0.29) is 5.91 Å². The maximum Gasteiger partial charge on any atom is 0.258 e. The highest BCUT2D eigenvalue weighted by molar-refractivity contribution is 5.98. The van der Waals surface area contributed by atoms with E-state index in [9.17, 15) is 9.18 Å². The summed E-state index contributed by atoms with van der Waals surface area (Å²) in [5.74, 6) is -0.549. The third-order valence-corrected chi connectivity index (χ3v) is 5.45. The van der Waals surface area contributed by atoms with Gasteiger partial charge in [0.25, 0.3) is 5.91 Å². The Morgan fingerprint density at radius 3 is 2.79 bits per heavy atom. The van der Waals surface area contributed by atoms with E-state index in [0.29, 0.717) is 42.3 Å². The van der Waals surface area contributed by atoms with Crippen LogP contribution in [0, 0.1) is 12.7 Å². The molecule has 10 heteroatoms. The fraction of sp³-hybridized carbons (Fsp3) is 0.261. The van der Waals surface area contributed by atoms with E-state index < -0.39 is 12.0 Å². The average Bonchev–Trinajstić information content (AvgIpc) is 3.52. The van der Waals surface area contributed by atoms with Gasteiger partial charge >= 0.3 is 0 Å². The molecule has 168 valence electrons. The second kappa shape index (κ2) is 8.91. The fourth-order valence-corrected chi connectivity index (χ4v) is 3.85. The number of hydrogen-bond donors (Lipinski definition) is 0. The molecular formula is C23H22FN7O2. The SMILES string of the molecule is Cc1ccc(-n2nccn2)c(C(=O)N2CCCO[C@H]2Cn2ccc(-c3ccc(F)cn3)n2)c1. The number of ether oxygens (including phenoxy) is 1. The lowest BCUT2D eigenvalue weighted by Gasteiger charge is -2.36. The van der Waals surface area contributed by atoms with Crippen molar-refractivity contribution in [3.8, 4) is 17.1 Å². The monoisotopic (exact) mass is 447 g/mol. The van der Waals surface area contributed by atoms with E-state index in [1.165, 1.54) is 10.9 Å². The van der Waals surface area contributed by atoms with Gasteiger partial charge in [0.15, 0.2) is 6.23 Å². The van der Waals surface area contributed by atoms with E-state index in [1.54, 1.807) is 40.3 Å². The first-order valence-corrected chi connectivity index (χ1v) is 10.6. The first kappa shape index (κ1) is 21.0. The molecule has 0 bridgehead atoms. The van der Waals surface area contributed by atoms with E-state index in [0.717, 1.165) is 18.2 Å². The third kappa shape index (κ3) is 4.37. The molecule has 1 amide bonds. The number of aryl methyl sites for hydroxylation is 1. The zero-order chi connectivity index (χ0) is 22.8. The molecule has 1 aliphatic heterocycles. The van der Waals surface area contributed by atoms with Gasteiger partial charge in [-0.05, 0) is 43.7 Å². The van der Waals surface area contributed by atoms with Gasteiger partial charge in [0, 0.05) is 12.7 Å². The Balaban J connectivity index is 1.39. The number of halogens is 1. The molecule has 1 atom stereocenters. The van der Waals surface area contributed by atoms with Crippen molar-refractivity contribution in [3.05, 3.63) is 78.1 Å². The quantitative estimate of drug-likeness (QED) is 0.467. The zero-order valence-corrected chi connectivity index (χ0v) is 18.0. The minimum Gasteiger partial charge on any atom is -0.356 e. The Hall–Kier alpha value is -3.92. The summed E-state index contributed by atoms with van der Waals surface area (Å²) >= 11 is 0. The summed E-state index contributed by atoms with van der Waals surface area (Å²) in [6, 6.07) is 10.3. The molecule has 33 heavy (non-hydrogen) atoms. The van der Waals surface area contributed by atoms with Crippen LogP contribution in [0.3, 0.4) is 0 Å². The summed E-state index contributed by atoms with van der Waals surface area (Å²) in [5.41, 5.74) is 3.28. The van der Waals surface area contributed by atoms with Crippen LogP contribution in [0.4, 0.5) is 4.39 Å². The van der Waals surface area contributed by atoms with Gasteiger partial charge in [-0.3, -0.25) is 14.5 Å². The van der Waals surface area contributed by atoms with Gasteiger partial charge in [0.05, 0.1) is 48.7 Å². The molecule has 0 radical (unpaired) electrons. The first-order valence-electron chi connectivity index (χ1n) is 10.6. The van der Waals surface area contributed by atoms with Crippen LogP contribution in [0.1, 0.15) is 22.3 Å². The van der Waals surface area contributed by atoms with Crippen LogP contribution in [0.5, 0.6) is 0 Å². The van der Waals surface area contributed by atoms with Crippen LogP contribution < -0.4 is 0 Å². The predicted molar refractivity (Wildman–Crippen MR) is 117 cm³/mol. The van der Waals surface area contributed by atoms with E-state index in [4.69, 9.17) is 4.74 Å². The lowest BCUT2D eigenvalue weighted by atomic mass is 10.1. The largest absolute Gasteiger partial charge is 0.356 e. The Bertz CT molecular complexity index is 1250. The van der Waals surface area contributed by atoms with Crippen LogP contribution >= 0.6 is 0 Å². The fourth-order valence-electron chi connectivity index (χ4n) is 3.85. The molecule has 1 aromatic carbocycles. The number of benzene rings is 1. The Labute approximate surface area is 189 Å². The molecule has 0 saturated carbocycles. The van der Waals surface area contributed by atoms with Crippen LogP contribution in [-0.4, -0.2) is 59.9 Å². The standard InChI is InChI=1S/C23H22FN7O2/c1-16-3-6-21(31-26-8-9-27-31)18(13-16)23(32)30-10-2-12-33-22(30)15-29-11-7-20(28-29)19-5-4-17(24)14-25-19/h3-9,11,13-14,22H,2,10,12,15H2,1H3/t22-/m0/s1. The molecule has 1 aliphatic rings. The number of rotatable bonds is 5. The highest BCUT2D eigenvalue weighted by Crippen LogP contribution is 2.22. The number of carbonyl (C=O) groups is 1. The molecule has 4 aromatic rings. The van der Waals surface area contributed by atoms with Crippen molar-refractivity contribution in [3.63, 3.8) is 0 Å². The maximum absolute atomic E-state index is 13.6. The number of hydrogen-bond acceptors (Lipinski definition) is 6. The van der Waals surface area contributed by atoms with Crippen molar-refractivity contribution < 1.29 is 13.9 Å².